The van der Waals surface area contributed by atoms with E-state index in [1.54, 1.807) is 49.4 Å². The average molecular weight is 446 g/mol. The van der Waals surface area contributed by atoms with Gasteiger partial charge in [-0.05, 0) is 31.2 Å². The van der Waals surface area contributed by atoms with E-state index in [-0.39, 0.29) is 24.3 Å². The first-order chi connectivity index (χ1) is 13.4. The summed E-state index contributed by atoms with van der Waals surface area (Å²) in [6, 6.07) is 11.2. The fourth-order valence-corrected chi connectivity index (χ4v) is 3.21. The van der Waals surface area contributed by atoms with Gasteiger partial charge in [-0.15, -0.1) is 0 Å². The summed E-state index contributed by atoms with van der Waals surface area (Å²) in [5, 5.41) is 0. The van der Waals surface area contributed by atoms with Crippen LogP contribution in [0.1, 0.15) is 43.6 Å². The number of amides is 2. The molecule has 0 aliphatic carbocycles. The van der Waals surface area contributed by atoms with Crippen LogP contribution in [-0.2, 0) is 20.9 Å². The average Bonchev–Trinajstić information content (AvgIpc) is 2.92. The third-order valence-electron chi connectivity index (χ3n) is 4.12. The molecule has 0 N–H and O–H groups in total. The van der Waals surface area contributed by atoms with E-state index in [2.05, 4.69) is 15.9 Å². The van der Waals surface area contributed by atoms with Crippen molar-refractivity contribution in [1.29, 1.82) is 0 Å². The maximum atomic E-state index is 12.3. The van der Waals surface area contributed by atoms with E-state index >= 15 is 0 Å². The summed E-state index contributed by atoms with van der Waals surface area (Å²) in [6.07, 6.45) is 0. The molecular formula is C20H16BrNO6. The lowest BCUT2D eigenvalue weighted by Crippen LogP contribution is -2.35. The maximum absolute atomic E-state index is 12.3. The van der Waals surface area contributed by atoms with Crippen molar-refractivity contribution in [3.05, 3.63) is 69.2 Å². The Bertz CT molecular complexity index is 936. The predicted octanol–water partition coefficient (Wildman–Crippen LogP) is 2.97. The van der Waals surface area contributed by atoms with Gasteiger partial charge in [-0.25, -0.2) is 4.79 Å². The summed E-state index contributed by atoms with van der Waals surface area (Å²) in [5.41, 5.74) is 1.55. The molecule has 0 fully saturated rings. The zero-order chi connectivity index (χ0) is 20.3. The van der Waals surface area contributed by atoms with Crippen LogP contribution < -0.4 is 0 Å². The quantitative estimate of drug-likeness (QED) is 0.501. The predicted molar refractivity (Wildman–Crippen MR) is 102 cm³/mol. The van der Waals surface area contributed by atoms with Gasteiger partial charge in [-0.2, -0.15) is 0 Å². The van der Waals surface area contributed by atoms with Crippen molar-refractivity contribution in [3.63, 3.8) is 0 Å². The molecule has 0 saturated carbocycles. The van der Waals surface area contributed by atoms with Gasteiger partial charge in [0.25, 0.3) is 11.8 Å². The molecule has 0 saturated heterocycles. The van der Waals surface area contributed by atoms with Crippen LogP contribution in [0.5, 0.6) is 0 Å². The number of carbonyl (C=O) groups is 4. The highest BCUT2D eigenvalue weighted by Crippen LogP contribution is 2.23. The third-order valence-corrected chi connectivity index (χ3v) is 4.86. The third kappa shape index (κ3) is 3.96. The normalized spacial score (nSPS) is 12.7. The Kier molecular flexibility index (Phi) is 5.89. The number of imide groups is 1. The maximum Gasteiger partial charge on any atom is 0.338 e. The van der Waals surface area contributed by atoms with Crippen molar-refractivity contribution in [2.75, 3.05) is 13.2 Å². The number of nitrogens with zero attached hydrogens (tertiary/aromatic N) is 1. The van der Waals surface area contributed by atoms with Crippen molar-refractivity contribution in [2.45, 2.75) is 13.5 Å². The van der Waals surface area contributed by atoms with Gasteiger partial charge in [0.1, 0.15) is 13.2 Å². The van der Waals surface area contributed by atoms with Crippen LogP contribution >= 0.6 is 15.9 Å². The van der Waals surface area contributed by atoms with Gasteiger partial charge in [0, 0.05) is 10.0 Å². The lowest BCUT2D eigenvalue weighted by atomic mass is 10.1. The first kappa shape index (κ1) is 19.8. The minimum absolute atomic E-state index is 0.0777. The van der Waals surface area contributed by atoms with Crippen LogP contribution in [0.2, 0.25) is 0 Å². The molecule has 2 amide bonds. The molecule has 3 rings (SSSR count). The number of fused-ring (bicyclic) bond motifs is 1. The highest BCUT2D eigenvalue weighted by atomic mass is 79.9. The highest BCUT2D eigenvalue weighted by Gasteiger charge is 2.36. The number of benzene rings is 2. The number of esters is 2. The Balaban J connectivity index is 1.60. The van der Waals surface area contributed by atoms with Crippen molar-refractivity contribution >= 4 is 39.7 Å². The number of hydrogen-bond donors (Lipinski definition) is 0. The van der Waals surface area contributed by atoms with Crippen LogP contribution in [-0.4, -0.2) is 41.8 Å². The molecule has 7 nitrogen and oxygen atoms in total. The fourth-order valence-electron chi connectivity index (χ4n) is 2.72. The van der Waals surface area contributed by atoms with Gasteiger partial charge in [0.05, 0.1) is 23.3 Å². The first-order valence-electron chi connectivity index (χ1n) is 8.48. The summed E-state index contributed by atoms with van der Waals surface area (Å²) in [6.45, 7) is 1.44. The highest BCUT2D eigenvalue weighted by molar-refractivity contribution is 9.10. The van der Waals surface area contributed by atoms with Crippen molar-refractivity contribution in [3.8, 4) is 0 Å². The summed E-state index contributed by atoms with van der Waals surface area (Å²) in [7, 11) is 0. The lowest BCUT2D eigenvalue weighted by molar-refractivity contribution is -0.145. The standard InChI is InChI=1S/C20H16BrNO6/c1-2-27-20(26)12-7-8-13(16(21)9-12)11-28-17(23)10-22-18(24)14-5-3-4-6-15(14)19(22)25/h3-9H,2,10-11H2,1H3. The second kappa shape index (κ2) is 8.35. The zero-order valence-corrected chi connectivity index (χ0v) is 16.5. The fraction of sp³-hybridized carbons (Fsp3) is 0.200. The largest absolute Gasteiger partial charge is 0.462 e. The van der Waals surface area contributed by atoms with Crippen molar-refractivity contribution in [1.82, 2.24) is 4.90 Å². The second-order valence-electron chi connectivity index (χ2n) is 5.93. The molecule has 0 unspecified atom stereocenters. The van der Waals surface area contributed by atoms with Gasteiger partial charge in [0.15, 0.2) is 0 Å². The summed E-state index contributed by atoms with van der Waals surface area (Å²) < 4.78 is 10.7. The molecule has 1 aliphatic rings. The van der Waals surface area contributed by atoms with Gasteiger partial charge in [0.2, 0.25) is 0 Å². The molecule has 2 aromatic rings. The van der Waals surface area contributed by atoms with Crippen molar-refractivity contribution in [2.24, 2.45) is 0 Å². The monoisotopic (exact) mass is 445 g/mol. The van der Waals surface area contributed by atoms with E-state index in [0.29, 0.717) is 15.6 Å². The van der Waals surface area contributed by atoms with Gasteiger partial charge < -0.3 is 9.47 Å². The molecule has 144 valence electrons. The van der Waals surface area contributed by atoms with E-state index in [9.17, 15) is 19.2 Å². The zero-order valence-electron chi connectivity index (χ0n) is 14.9. The van der Waals surface area contributed by atoms with Gasteiger partial charge >= 0.3 is 11.9 Å². The van der Waals surface area contributed by atoms with Crippen LogP contribution in [0.4, 0.5) is 0 Å². The molecule has 0 aromatic heterocycles. The van der Waals surface area contributed by atoms with E-state index in [4.69, 9.17) is 9.47 Å². The van der Waals surface area contributed by atoms with E-state index in [1.807, 2.05) is 0 Å². The summed E-state index contributed by atoms with van der Waals surface area (Å²) >= 11 is 3.33. The smallest absolute Gasteiger partial charge is 0.338 e. The van der Waals surface area contributed by atoms with Gasteiger partial charge in [-0.3, -0.25) is 19.3 Å². The van der Waals surface area contributed by atoms with E-state index in [1.165, 1.54) is 0 Å². The Morgan fingerprint density at radius 2 is 1.64 bits per heavy atom. The Morgan fingerprint density at radius 3 is 2.21 bits per heavy atom. The SMILES string of the molecule is CCOC(=O)c1ccc(COC(=O)CN2C(=O)c3ccccc3C2=O)c(Br)c1. The summed E-state index contributed by atoms with van der Waals surface area (Å²) in [4.78, 5) is 49.3. The van der Waals surface area contributed by atoms with Crippen LogP contribution in [0, 0.1) is 0 Å². The number of ether oxygens (including phenoxy) is 2. The van der Waals surface area contributed by atoms with Crippen LogP contribution in [0.3, 0.4) is 0 Å². The molecule has 0 spiro atoms. The lowest BCUT2D eigenvalue weighted by Gasteiger charge is -2.13. The molecule has 2 aromatic carbocycles. The van der Waals surface area contributed by atoms with Crippen LogP contribution in [0.15, 0.2) is 46.9 Å². The Labute approximate surface area is 169 Å². The molecule has 0 bridgehead atoms. The van der Waals surface area contributed by atoms with Crippen LogP contribution in [0.25, 0.3) is 0 Å². The Hall–Kier alpha value is -3.00. The topological polar surface area (TPSA) is 90.0 Å². The van der Waals surface area contributed by atoms with E-state index in [0.717, 1.165) is 4.90 Å². The van der Waals surface area contributed by atoms with E-state index < -0.39 is 30.3 Å². The minimum Gasteiger partial charge on any atom is -0.462 e. The second-order valence-corrected chi connectivity index (χ2v) is 6.78. The molecule has 1 heterocycles. The number of hydrogen-bond acceptors (Lipinski definition) is 6. The first-order valence-corrected chi connectivity index (χ1v) is 9.28. The molecule has 1 aliphatic heterocycles. The summed E-state index contributed by atoms with van der Waals surface area (Å²) in [5.74, 6) is -2.19. The molecule has 28 heavy (non-hydrogen) atoms. The molecule has 8 heteroatoms. The number of carbonyl (C=O) groups excluding carboxylic acids is 4. The number of halogens is 1. The number of rotatable bonds is 6. The molecule has 0 atom stereocenters. The van der Waals surface area contributed by atoms with Crippen molar-refractivity contribution < 1.29 is 28.7 Å². The molecule has 0 radical (unpaired) electrons. The van der Waals surface area contributed by atoms with Gasteiger partial charge in [-0.1, -0.05) is 34.1 Å². The minimum atomic E-state index is -0.712. The Morgan fingerprint density at radius 1 is 1.00 bits per heavy atom. The molecular weight excluding hydrogens is 430 g/mol.